The molecule has 0 bridgehead atoms. The molecule has 21 heavy (non-hydrogen) atoms. The molecule has 0 saturated heterocycles. The molecule has 1 heterocycles. The van der Waals surface area contributed by atoms with Crippen molar-refractivity contribution in [3.63, 3.8) is 0 Å². The van der Waals surface area contributed by atoms with Gasteiger partial charge in [-0.15, -0.1) is 0 Å². The quantitative estimate of drug-likeness (QED) is 0.936. The smallest absolute Gasteiger partial charge is 0.250 e. The number of carbonyl (C=O) groups is 1. The first kappa shape index (κ1) is 14.8. The van der Waals surface area contributed by atoms with E-state index >= 15 is 0 Å². The average molecular weight is 286 g/mol. The van der Waals surface area contributed by atoms with E-state index in [0.717, 1.165) is 5.56 Å². The molecule has 0 saturated carbocycles. The van der Waals surface area contributed by atoms with Crippen molar-refractivity contribution in [3.05, 3.63) is 58.5 Å². The number of ether oxygens (including phenoxy) is 1. The maximum Gasteiger partial charge on any atom is 0.250 e. The second-order valence-corrected chi connectivity index (χ2v) is 4.85. The number of anilines is 1. The molecule has 2 rings (SSSR count). The van der Waals surface area contributed by atoms with Crippen LogP contribution in [0.4, 0.5) is 5.69 Å². The maximum absolute atomic E-state index is 12.3. The molecule has 110 valence electrons. The molecule has 0 radical (unpaired) electrons. The summed E-state index contributed by atoms with van der Waals surface area (Å²) in [6.07, 6.45) is 1.60. The Hall–Kier alpha value is -2.56. The fourth-order valence-corrected chi connectivity index (χ4v) is 1.98. The highest BCUT2D eigenvalue weighted by Gasteiger charge is 2.16. The van der Waals surface area contributed by atoms with Crippen LogP contribution in [0.5, 0.6) is 5.75 Å². The van der Waals surface area contributed by atoms with Crippen molar-refractivity contribution < 1.29 is 9.53 Å². The third-order valence-corrected chi connectivity index (χ3v) is 3.34. The zero-order chi connectivity index (χ0) is 15.4. The van der Waals surface area contributed by atoms with Gasteiger partial charge in [-0.3, -0.25) is 9.59 Å². The summed E-state index contributed by atoms with van der Waals surface area (Å²) in [6.45, 7) is 1.83. The molecule has 5 nitrogen and oxygen atoms in total. The molecule has 1 atom stereocenters. The van der Waals surface area contributed by atoms with Crippen LogP contribution < -0.4 is 15.6 Å². The highest BCUT2D eigenvalue weighted by Crippen LogP contribution is 2.21. The number of aryl methyl sites for hydroxylation is 1. The van der Waals surface area contributed by atoms with Crippen LogP contribution in [0, 0.1) is 0 Å². The van der Waals surface area contributed by atoms with Gasteiger partial charge in [-0.05, 0) is 30.7 Å². The van der Waals surface area contributed by atoms with E-state index in [1.807, 2.05) is 31.2 Å². The first-order valence-corrected chi connectivity index (χ1v) is 6.63. The van der Waals surface area contributed by atoms with Crippen LogP contribution in [0.2, 0.25) is 0 Å². The number of methoxy groups -OCH3 is 1. The van der Waals surface area contributed by atoms with E-state index in [9.17, 15) is 9.59 Å². The first-order chi connectivity index (χ1) is 10.0. The van der Waals surface area contributed by atoms with Gasteiger partial charge in [0.1, 0.15) is 5.75 Å². The number of nitrogens with one attached hydrogen (secondary N) is 1. The fraction of sp³-hybridized carbons (Fsp3) is 0.250. The number of hydrogen-bond acceptors (Lipinski definition) is 3. The molecular weight excluding hydrogens is 268 g/mol. The van der Waals surface area contributed by atoms with E-state index in [2.05, 4.69) is 5.32 Å². The van der Waals surface area contributed by atoms with Crippen LogP contribution in [0.1, 0.15) is 18.4 Å². The number of benzene rings is 1. The number of carbonyl (C=O) groups excluding carboxylic acids is 1. The molecule has 0 aliphatic rings. The van der Waals surface area contributed by atoms with Gasteiger partial charge in [-0.25, -0.2) is 0 Å². The van der Waals surface area contributed by atoms with Gasteiger partial charge in [-0.1, -0.05) is 12.1 Å². The summed E-state index contributed by atoms with van der Waals surface area (Å²) >= 11 is 0. The van der Waals surface area contributed by atoms with Gasteiger partial charge in [0.05, 0.1) is 18.7 Å². The molecule has 2 aromatic rings. The van der Waals surface area contributed by atoms with Crippen molar-refractivity contribution in [2.24, 2.45) is 7.05 Å². The Kier molecular flexibility index (Phi) is 4.42. The SMILES string of the molecule is COc1cccc(C(C)C(=O)Nc2ccc(=O)n(C)c2)c1. The molecule has 1 aromatic carbocycles. The third kappa shape index (κ3) is 3.51. The minimum atomic E-state index is -0.322. The number of aromatic nitrogens is 1. The molecular formula is C16H18N2O3. The molecule has 1 N–H and O–H groups in total. The number of nitrogens with zero attached hydrogens (tertiary/aromatic N) is 1. The summed E-state index contributed by atoms with van der Waals surface area (Å²) in [6, 6.07) is 10.4. The van der Waals surface area contributed by atoms with Crippen LogP contribution >= 0.6 is 0 Å². The van der Waals surface area contributed by atoms with E-state index in [1.54, 1.807) is 26.4 Å². The number of amides is 1. The monoisotopic (exact) mass is 286 g/mol. The van der Waals surface area contributed by atoms with Crippen LogP contribution in [-0.2, 0) is 11.8 Å². The minimum absolute atomic E-state index is 0.117. The normalized spacial score (nSPS) is 11.8. The van der Waals surface area contributed by atoms with Crippen molar-refractivity contribution in [2.75, 3.05) is 12.4 Å². The van der Waals surface area contributed by atoms with Gasteiger partial charge in [0, 0.05) is 19.3 Å². The fourth-order valence-electron chi connectivity index (χ4n) is 1.98. The average Bonchev–Trinajstić information content (AvgIpc) is 2.50. The predicted octanol–water partition coefficient (Wildman–Crippen LogP) is 2.14. The summed E-state index contributed by atoms with van der Waals surface area (Å²) in [4.78, 5) is 23.6. The lowest BCUT2D eigenvalue weighted by Crippen LogP contribution is -2.21. The van der Waals surface area contributed by atoms with Gasteiger partial charge in [0.2, 0.25) is 11.5 Å². The summed E-state index contributed by atoms with van der Waals surface area (Å²) in [5.74, 6) is 0.258. The van der Waals surface area contributed by atoms with Crippen LogP contribution in [0.3, 0.4) is 0 Å². The Balaban J connectivity index is 2.15. The van der Waals surface area contributed by atoms with Gasteiger partial charge in [0.25, 0.3) is 0 Å². The molecule has 1 unspecified atom stereocenters. The third-order valence-electron chi connectivity index (χ3n) is 3.34. The number of pyridine rings is 1. The Labute approximate surface area is 123 Å². The van der Waals surface area contributed by atoms with Gasteiger partial charge < -0.3 is 14.6 Å². The largest absolute Gasteiger partial charge is 0.497 e. The second-order valence-electron chi connectivity index (χ2n) is 4.85. The van der Waals surface area contributed by atoms with Crippen LogP contribution in [0.25, 0.3) is 0 Å². The Morgan fingerprint density at radius 2 is 2.05 bits per heavy atom. The van der Waals surface area contributed by atoms with Crippen LogP contribution in [-0.4, -0.2) is 17.6 Å². The second kappa shape index (κ2) is 6.26. The zero-order valence-electron chi connectivity index (χ0n) is 12.3. The van der Waals surface area contributed by atoms with Crippen molar-refractivity contribution in [1.29, 1.82) is 0 Å². The number of rotatable bonds is 4. The van der Waals surface area contributed by atoms with Gasteiger partial charge in [0.15, 0.2) is 0 Å². The molecule has 1 aromatic heterocycles. The van der Waals surface area contributed by atoms with E-state index < -0.39 is 0 Å². The Morgan fingerprint density at radius 1 is 1.29 bits per heavy atom. The van der Waals surface area contributed by atoms with Gasteiger partial charge in [-0.2, -0.15) is 0 Å². The van der Waals surface area contributed by atoms with Crippen molar-refractivity contribution >= 4 is 11.6 Å². The molecule has 0 aliphatic carbocycles. The lowest BCUT2D eigenvalue weighted by Gasteiger charge is -2.14. The molecule has 0 aliphatic heterocycles. The molecule has 0 fully saturated rings. The topological polar surface area (TPSA) is 60.3 Å². The highest BCUT2D eigenvalue weighted by molar-refractivity contribution is 5.95. The standard InChI is InChI=1S/C16H18N2O3/c1-11(12-5-4-6-14(9-12)21-3)16(20)17-13-7-8-15(19)18(2)10-13/h4-11H,1-3H3,(H,17,20). The summed E-state index contributed by atoms with van der Waals surface area (Å²) in [5, 5.41) is 2.81. The van der Waals surface area contributed by atoms with Gasteiger partial charge >= 0.3 is 0 Å². The van der Waals surface area contributed by atoms with E-state index in [-0.39, 0.29) is 17.4 Å². The zero-order valence-corrected chi connectivity index (χ0v) is 12.3. The molecule has 1 amide bonds. The first-order valence-electron chi connectivity index (χ1n) is 6.63. The van der Waals surface area contributed by atoms with Crippen molar-refractivity contribution in [1.82, 2.24) is 4.57 Å². The Bertz CT molecular complexity index is 707. The maximum atomic E-state index is 12.3. The molecule has 5 heteroatoms. The molecule has 0 spiro atoms. The highest BCUT2D eigenvalue weighted by atomic mass is 16.5. The van der Waals surface area contributed by atoms with E-state index in [0.29, 0.717) is 11.4 Å². The summed E-state index contributed by atoms with van der Waals surface area (Å²) < 4.78 is 6.58. The van der Waals surface area contributed by atoms with E-state index in [1.165, 1.54) is 10.6 Å². The lowest BCUT2D eigenvalue weighted by molar-refractivity contribution is -0.117. The summed E-state index contributed by atoms with van der Waals surface area (Å²) in [5.41, 5.74) is 1.35. The minimum Gasteiger partial charge on any atom is -0.497 e. The van der Waals surface area contributed by atoms with Crippen molar-refractivity contribution in [3.8, 4) is 5.75 Å². The summed E-state index contributed by atoms with van der Waals surface area (Å²) in [7, 11) is 3.23. The lowest BCUT2D eigenvalue weighted by atomic mass is 10.00. The Morgan fingerprint density at radius 3 is 2.71 bits per heavy atom. The number of hydrogen-bond donors (Lipinski definition) is 1. The van der Waals surface area contributed by atoms with Crippen LogP contribution in [0.15, 0.2) is 47.4 Å². The van der Waals surface area contributed by atoms with Crippen molar-refractivity contribution in [2.45, 2.75) is 12.8 Å². The predicted molar refractivity (Wildman–Crippen MR) is 81.7 cm³/mol. The van der Waals surface area contributed by atoms with E-state index in [4.69, 9.17) is 4.74 Å².